The third-order valence-corrected chi connectivity index (χ3v) is 6.12. The highest BCUT2D eigenvalue weighted by atomic mass is 32.2. The van der Waals surface area contributed by atoms with Gasteiger partial charge >= 0.3 is 6.18 Å². The summed E-state index contributed by atoms with van der Waals surface area (Å²) in [6.45, 7) is 0. The molecule has 3 aromatic rings. The molecular weight excluding hydrogens is 429 g/mol. The summed E-state index contributed by atoms with van der Waals surface area (Å²) in [5.41, 5.74) is -0.450. The molecule has 1 aliphatic rings. The Morgan fingerprint density at radius 1 is 1.13 bits per heavy atom. The van der Waals surface area contributed by atoms with E-state index in [1.165, 1.54) is 30.3 Å². The molecule has 1 saturated carbocycles. The van der Waals surface area contributed by atoms with Crippen LogP contribution in [-0.2, 0) is 11.0 Å². The van der Waals surface area contributed by atoms with Crippen molar-refractivity contribution in [1.82, 2.24) is 14.8 Å². The summed E-state index contributed by atoms with van der Waals surface area (Å²) >= 11 is 1.25. The van der Waals surface area contributed by atoms with E-state index in [0.717, 1.165) is 37.8 Å². The Bertz CT molecular complexity index is 1010. The van der Waals surface area contributed by atoms with Gasteiger partial charge in [0.1, 0.15) is 0 Å². The Morgan fingerprint density at radius 2 is 1.87 bits per heavy atom. The fourth-order valence-corrected chi connectivity index (χ4v) is 4.49. The minimum absolute atomic E-state index is 0.0596. The van der Waals surface area contributed by atoms with E-state index in [2.05, 4.69) is 15.5 Å². The van der Waals surface area contributed by atoms with Gasteiger partial charge in [-0.25, -0.2) is 0 Å². The zero-order valence-electron chi connectivity index (χ0n) is 16.6. The van der Waals surface area contributed by atoms with Gasteiger partial charge in [-0.3, -0.25) is 9.36 Å². The van der Waals surface area contributed by atoms with Crippen molar-refractivity contribution in [3.63, 3.8) is 0 Å². The number of thioether (sulfide) groups is 1. The van der Waals surface area contributed by atoms with Crippen LogP contribution in [0.25, 0.3) is 11.6 Å². The lowest BCUT2D eigenvalue weighted by Gasteiger charge is -2.25. The summed E-state index contributed by atoms with van der Waals surface area (Å²) in [6.07, 6.45) is 2.64. The number of benzene rings is 1. The highest BCUT2D eigenvalue weighted by molar-refractivity contribution is 7.99. The number of alkyl halides is 3. The molecule has 1 amide bonds. The second-order valence-corrected chi connectivity index (χ2v) is 8.30. The molecule has 1 fully saturated rings. The second kappa shape index (κ2) is 9.17. The minimum atomic E-state index is -4.41. The zero-order valence-corrected chi connectivity index (χ0v) is 17.4. The Kier molecular flexibility index (Phi) is 6.35. The minimum Gasteiger partial charge on any atom is -0.461 e. The second-order valence-electron chi connectivity index (χ2n) is 7.36. The van der Waals surface area contributed by atoms with Crippen LogP contribution in [0.1, 0.15) is 43.7 Å². The Balaban J connectivity index is 1.45. The van der Waals surface area contributed by atoms with E-state index in [1.54, 1.807) is 12.3 Å². The molecule has 2 heterocycles. The van der Waals surface area contributed by atoms with Crippen molar-refractivity contribution in [2.45, 2.75) is 49.5 Å². The van der Waals surface area contributed by atoms with Gasteiger partial charge in [-0.05, 0) is 49.2 Å². The van der Waals surface area contributed by atoms with Gasteiger partial charge in [0.15, 0.2) is 10.9 Å². The summed E-state index contributed by atoms with van der Waals surface area (Å²) in [5.74, 6) is 0.994. The maximum Gasteiger partial charge on any atom is 0.416 e. The normalized spacial score (nSPS) is 15.2. The Hall–Kier alpha value is -2.75. The van der Waals surface area contributed by atoms with Crippen molar-refractivity contribution in [3.8, 4) is 11.6 Å². The van der Waals surface area contributed by atoms with Gasteiger partial charge in [0.2, 0.25) is 11.7 Å². The van der Waals surface area contributed by atoms with Gasteiger partial charge in [0, 0.05) is 11.7 Å². The zero-order chi connectivity index (χ0) is 21.8. The first-order valence-electron chi connectivity index (χ1n) is 10.0. The lowest BCUT2D eigenvalue weighted by molar-refractivity contribution is -0.137. The molecule has 0 saturated heterocycles. The summed E-state index contributed by atoms with van der Waals surface area (Å²) in [7, 11) is 0. The molecule has 6 nitrogen and oxygen atoms in total. The van der Waals surface area contributed by atoms with Crippen molar-refractivity contribution in [2.75, 3.05) is 11.1 Å². The van der Waals surface area contributed by atoms with Crippen molar-refractivity contribution >= 4 is 23.4 Å². The molecule has 4 rings (SSSR count). The van der Waals surface area contributed by atoms with E-state index in [0.29, 0.717) is 22.4 Å². The number of amides is 1. The quantitative estimate of drug-likeness (QED) is 0.481. The van der Waals surface area contributed by atoms with Crippen molar-refractivity contribution in [3.05, 3.63) is 48.2 Å². The molecule has 1 aromatic carbocycles. The fourth-order valence-electron chi connectivity index (χ4n) is 3.69. The first-order chi connectivity index (χ1) is 14.9. The number of aromatic nitrogens is 3. The van der Waals surface area contributed by atoms with Crippen LogP contribution >= 0.6 is 11.8 Å². The average molecular weight is 450 g/mol. The van der Waals surface area contributed by atoms with Crippen LogP contribution in [0.2, 0.25) is 0 Å². The number of anilines is 1. The number of carbonyl (C=O) groups is 1. The Labute approximate surface area is 181 Å². The molecule has 1 N–H and O–H groups in total. The van der Waals surface area contributed by atoms with Crippen LogP contribution in [0.3, 0.4) is 0 Å². The monoisotopic (exact) mass is 450 g/mol. The van der Waals surface area contributed by atoms with E-state index < -0.39 is 11.7 Å². The fraction of sp³-hybridized carbons (Fsp3) is 0.381. The van der Waals surface area contributed by atoms with Crippen LogP contribution in [0.4, 0.5) is 18.9 Å². The van der Waals surface area contributed by atoms with Crippen molar-refractivity contribution in [1.29, 1.82) is 0 Å². The highest BCUT2D eigenvalue weighted by Gasteiger charge is 2.30. The number of furan rings is 1. The maximum atomic E-state index is 12.7. The van der Waals surface area contributed by atoms with E-state index in [1.807, 2.05) is 10.6 Å². The molecular formula is C21H21F3N4O2S. The third kappa shape index (κ3) is 5.12. The first-order valence-corrected chi connectivity index (χ1v) is 11.0. The Morgan fingerprint density at radius 3 is 2.52 bits per heavy atom. The number of hydrogen-bond acceptors (Lipinski definition) is 5. The van der Waals surface area contributed by atoms with Gasteiger partial charge in [0.25, 0.3) is 0 Å². The van der Waals surface area contributed by atoms with E-state index in [4.69, 9.17) is 4.42 Å². The molecule has 10 heteroatoms. The predicted molar refractivity (Wildman–Crippen MR) is 111 cm³/mol. The van der Waals surface area contributed by atoms with E-state index >= 15 is 0 Å². The number of hydrogen-bond donors (Lipinski definition) is 1. The van der Waals surface area contributed by atoms with Crippen LogP contribution < -0.4 is 5.32 Å². The van der Waals surface area contributed by atoms with Crippen molar-refractivity contribution in [2.24, 2.45) is 0 Å². The maximum absolute atomic E-state index is 12.7. The van der Waals surface area contributed by atoms with Crippen LogP contribution in [0.15, 0.2) is 52.2 Å². The summed E-state index contributed by atoms with van der Waals surface area (Å²) in [4.78, 5) is 12.4. The van der Waals surface area contributed by atoms with Crippen molar-refractivity contribution < 1.29 is 22.4 Å². The largest absolute Gasteiger partial charge is 0.461 e. The standard InChI is InChI=1S/C21H21F3N4O2S/c22-21(23,24)14-8-10-15(11-9-14)25-18(29)13-31-20-27-26-19(17-7-4-12-30-17)28(20)16-5-2-1-3-6-16/h4,7-12,16H,1-3,5-6,13H2,(H,25,29). The SMILES string of the molecule is O=C(CSc1nnc(-c2ccco2)n1C1CCCCC1)Nc1ccc(C(F)(F)F)cc1. The average Bonchev–Trinajstić information content (AvgIpc) is 3.42. The van der Waals surface area contributed by atoms with Crippen LogP contribution in [0, 0.1) is 0 Å². The lowest BCUT2D eigenvalue weighted by Crippen LogP contribution is -2.17. The molecule has 0 radical (unpaired) electrons. The van der Waals surface area contributed by atoms with Gasteiger partial charge < -0.3 is 9.73 Å². The van der Waals surface area contributed by atoms with Gasteiger partial charge in [-0.1, -0.05) is 31.0 Å². The third-order valence-electron chi connectivity index (χ3n) is 5.17. The number of nitrogens with one attached hydrogen (secondary N) is 1. The molecule has 0 aliphatic heterocycles. The smallest absolute Gasteiger partial charge is 0.416 e. The molecule has 2 aromatic heterocycles. The number of rotatable bonds is 6. The van der Waals surface area contributed by atoms with Gasteiger partial charge in [0.05, 0.1) is 17.6 Å². The highest BCUT2D eigenvalue weighted by Crippen LogP contribution is 2.36. The predicted octanol–water partition coefficient (Wildman–Crippen LogP) is 5.79. The molecule has 164 valence electrons. The summed E-state index contributed by atoms with van der Waals surface area (Å²) < 4.78 is 45.6. The van der Waals surface area contributed by atoms with Crippen LogP contribution in [-0.4, -0.2) is 26.4 Å². The first kappa shape index (κ1) is 21.5. The molecule has 0 atom stereocenters. The lowest BCUT2D eigenvalue weighted by atomic mass is 9.95. The van der Waals surface area contributed by atoms with Gasteiger partial charge in [-0.2, -0.15) is 13.2 Å². The molecule has 31 heavy (non-hydrogen) atoms. The molecule has 0 spiro atoms. The van der Waals surface area contributed by atoms with Crippen LogP contribution in [0.5, 0.6) is 0 Å². The van der Waals surface area contributed by atoms with E-state index in [-0.39, 0.29) is 17.7 Å². The number of nitrogens with zero attached hydrogens (tertiary/aromatic N) is 3. The summed E-state index contributed by atoms with van der Waals surface area (Å²) in [6, 6.07) is 8.23. The molecule has 1 aliphatic carbocycles. The topological polar surface area (TPSA) is 73.0 Å². The van der Waals surface area contributed by atoms with Gasteiger partial charge in [-0.15, -0.1) is 10.2 Å². The molecule has 0 unspecified atom stereocenters. The number of halogens is 3. The summed E-state index contributed by atoms with van der Waals surface area (Å²) in [5, 5.41) is 11.8. The van der Waals surface area contributed by atoms with E-state index in [9.17, 15) is 18.0 Å². The molecule has 0 bridgehead atoms. The number of carbonyl (C=O) groups excluding carboxylic acids is 1.